The van der Waals surface area contributed by atoms with Gasteiger partial charge in [0.1, 0.15) is 17.3 Å². The Kier molecular flexibility index (Phi) is 5.33. The highest BCUT2D eigenvalue weighted by Gasteiger charge is 2.18. The molecule has 1 unspecified atom stereocenters. The lowest BCUT2D eigenvalue weighted by atomic mass is 10.0. The smallest absolute Gasteiger partial charge is 0.387 e. The maximum Gasteiger partial charge on any atom is 0.387 e. The number of ether oxygens (including phenoxy) is 1. The van der Waals surface area contributed by atoms with Crippen molar-refractivity contribution < 1.29 is 17.9 Å². The summed E-state index contributed by atoms with van der Waals surface area (Å²) in [4.78, 5) is 0. The zero-order chi connectivity index (χ0) is 15.2. The zero-order valence-corrected chi connectivity index (χ0v) is 12.1. The summed E-state index contributed by atoms with van der Waals surface area (Å²) in [6.07, 6.45) is 0.962. The van der Waals surface area contributed by atoms with E-state index in [1.165, 1.54) is 6.07 Å². The lowest BCUT2D eigenvalue weighted by Crippen LogP contribution is -2.22. The number of alkyl halides is 2. The van der Waals surface area contributed by atoms with Crippen LogP contribution in [0.5, 0.6) is 5.75 Å². The van der Waals surface area contributed by atoms with Crippen molar-refractivity contribution in [2.75, 3.05) is 6.54 Å². The third-order valence-electron chi connectivity index (χ3n) is 3.06. The second kappa shape index (κ2) is 7.22. The van der Waals surface area contributed by atoms with Gasteiger partial charge in [-0.15, -0.1) is 0 Å². The first kappa shape index (κ1) is 15.5. The van der Waals surface area contributed by atoms with Crippen molar-refractivity contribution in [2.24, 2.45) is 0 Å². The first-order chi connectivity index (χ1) is 10.1. The Bertz CT molecular complexity index is 569. The minimum absolute atomic E-state index is 0.147. The lowest BCUT2D eigenvalue weighted by Gasteiger charge is -2.17. The van der Waals surface area contributed by atoms with E-state index in [0.29, 0.717) is 0 Å². The summed E-state index contributed by atoms with van der Waals surface area (Å²) in [5, 5.41) is 3.36. The van der Waals surface area contributed by atoms with Crippen LogP contribution in [0, 0.1) is 6.92 Å². The molecule has 1 aromatic heterocycles. The van der Waals surface area contributed by atoms with Gasteiger partial charge in [0.2, 0.25) is 0 Å². The average Bonchev–Trinajstić information content (AvgIpc) is 2.85. The van der Waals surface area contributed by atoms with E-state index in [-0.39, 0.29) is 11.8 Å². The molecule has 0 aliphatic carbocycles. The zero-order valence-electron chi connectivity index (χ0n) is 12.1. The van der Waals surface area contributed by atoms with Crippen LogP contribution in [0.15, 0.2) is 40.8 Å². The number of hydrogen-bond acceptors (Lipinski definition) is 3. The Morgan fingerprint density at radius 1 is 1.24 bits per heavy atom. The molecule has 0 aliphatic rings. The number of halogens is 2. The topological polar surface area (TPSA) is 34.4 Å². The highest BCUT2D eigenvalue weighted by molar-refractivity contribution is 5.34. The van der Waals surface area contributed by atoms with Crippen LogP contribution in [-0.2, 0) is 0 Å². The number of hydrogen-bond donors (Lipinski definition) is 1. The van der Waals surface area contributed by atoms with Crippen molar-refractivity contribution in [1.29, 1.82) is 0 Å². The monoisotopic (exact) mass is 295 g/mol. The van der Waals surface area contributed by atoms with Gasteiger partial charge in [0.15, 0.2) is 0 Å². The van der Waals surface area contributed by atoms with Crippen molar-refractivity contribution in [3.05, 3.63) is 53.5 Å². The van der Waals surface area contributed by atoms with Crippen LogP contribution in [0.3, 0.4) is 0 Å². The number of benzene rings is 1. The van der Waals surface area contributed by atoms with E-state index in [4.69, 9.17) is 4.42 Å². The minimum Gasteiger partial charge on any atom is -0.464 e. The Labute approximate surface area is 122 Å². The summed E-state index contributed by atoms with van der Waals surface area (Å²) >= 11 is 0. The van der Waals surface area contributed by atoms with Crippen molar-refractivity contribution in [3.63, 3.8) is 0 Å². The molecular formula is C16H19F2NO2. The molecule has 21 heavy (non-hydrogen) atoms. The molecule has 0 radical (unpaired) electrons. The molecule has 0 spiro atoms. The summed E-state index contributed by atoms with van der Waals surface area (Å²) in [6.45, 7) is 1.91. The van der Waals surface area contributed by atoms with Crippen LogP contribution in [0.25, 0.3) is 0 Å². The normalized spacial score (nSPS) is 12.6. The Morgan fingerprint density at radius 3 is 2.67 bits per heavy atom. The van der Waals surface area contributed by atoms with E-state index in [2.05, 4.69) is 17.0 Å². The molecule has 2 rings (SSSR count). The summed E-state index contributed by atoms with van der Waals surface area (Å²) in [7, 11) is 0. The predicted molar refractivity (Wildman–Crippen MR) is 76.7 cm³/mol. The van der Waals surface area contributed by atoms with E-state index >= 15 is 0 Å². The quantitative estimate of drug-likeness (QED) is 0.828. The fourth-order valence-corrected chi connectivity index (χ4v) is 2.15. The molecule has 1 atom stereocenters. The first-order valence-corrected chi connectivity index (χ1v) is 6.94. The van der Waals surface area contributed by atoms with E-state index in [1.807, 2.05) is 25.1 Å². The second-order valence-electron chi connectivity index (χ2n) is 4.79. The second-order valence-corrected chi connectivity index (χ2v) is 4.79. The molecule has 0 aliphatic heterocycles. The maximum atomic E-state index is 12.3. The molecule has 0 saturated carbocycles. The summed E-state index contributed by atoms with van der Waals surface area (Å²) in [6, 6.07) is 10.3. The van der Waals surface area contributed by atoms with Gasteiger partial charge in [-0.25, -0.2) is 0 Å². The number of furan rings is 1. The SMILES string of the molecule is CCCNC(c1cccc(OC(F)F)c1)c1ccc(C)o1. The largest absolute Gasteiger partial charge is 0.464 e. The van der Waals surface area contributed by atoms with Gasteiger partial charge in [0, 0.05) is 0 Å². The molecule has 114 valence electrons. The number of nitrogens with one attached hydrogen (secondary N) is 1. The van der Waals surface area contributed by atoms with Crippen LogP contribution in [0.2, 0.25) is 0 Å². The predicted octanol–water partition coefficient (Wildman–Crippen LogP) is 4.28. The van der Waals surface area contributed by atoms with Crippen LogP contribution in [-0.4, -0.2) is 13.2 Å². The molecule has 0 fully saturated rings. The summed E-state index contributed by atoms with van der Waals surface area (Å²) in [5.74, 6) is 1.72. The van der Waals surface area contributed by atoms with Gasteiger partial charge in [-0.05, 0) is 49.7 Å². The van der Waals surface area contributed by atoms with Crippen molar-refractivity contribution >= 4 is 0 Å². The van der Waals surface area contributed by atoms with Gasteiger partial charge < -0.3 is 14.5 Å². The molecule has 0 saturated heterocycles. The van der Waals surface area contributed by atoms with Gasteiger partial charge in [0.05, 0.1) is 6.04 Å². The van der Waals surface area contributed by atoms with Crippen molar-refractivity contribution in [3.8, 4) is 5.75 Å². The van der Waals surface area contributed by atoms with E-state index in [1.54, 1.807) is 12.1 Å². The van der Waals surface area contributed by atoms with Gasteiger partial charge in [-0.1, -0.05) is 19.1 Å². The highest BCUT2D eigenvalue weighted by Crippen LogP contribution is 2.27. The van der Waals surface area contributed by atoms with Gasteiger partial charge in [-0.3, -0.25) is 0 Å². The van der Waals surface area contributed by atoms with E-state index < -0.39 is 6.61 Å². The minimum atomic E-state index is -2.83. The standard InChI is InChI=1S/C16H19F2NO2/c1-3-9-19-15(14-8-7-11(2)20-14)12-5-4-6-13(10-12)21-16(17)18/h4-8,10,15-16,19H,3,9H2,1-2H3. The van der Waals surface area contributed by atoms with Gasteiger partial charge >= 0.3 is 6.61 Å². The maximum absolute atomic E-state index is 12.3. The Hall–Kier alpha value is -1.88. The van der Waals surface area contributed by atoms with Crippen LogP contribution < -0.4 is 10.1 Å². The van der Waals surface area contributed by atoms with Crippen molar-refractivity contribution in [1.82, 2.24) is 5.32 Å². The molecule has 5 heteroatoms. The molecule has 3 nitrogen and oxygen atoms in total. The van der Waals surface area contributed by atoms with Crippen LogP contribution in [0.4, 0.5) is 8.78 Å². The molecule has 2 aromatic rings. The Morgan fingerprint density at radius 2 is 2.05 bits per heavy atom. The van der Waals surface area contributed by atoms with E-state index in [0.717, 1.165) is 30.0 Å². The molecular weight excluding hydrogens is 276 g/mol. The first-order valence-electron chi connectivity index (χ1n) is 6.94. The van der Waals surface area contributed by atoms with Crippen molar-refractivity contribution in [2.45, 2.75) is 32.9 Å². The third-order valence-corrected chi connectivity index (χ3v) is 3.06. The van der Waals surface area contributed by atoms with Gasteiger partial charge in [0.25, 0.3) is 0 Å². The summed E-state index contributed by atoms with van der Waals surface area (Å²) < 4.78 is 34.8. The fraction of sp³-hybridized carbons (Fsp3) is 0.375. The molecule has 0 bridgehead atoms. The lowest BCUT2D eigenvalue weighted by molar-refractivity contribution is -0.0498. The van der Waals surface area contributed by atoms with Gasteiger partial charge in [-0.2, -0.15) is 8.78 Å². The third kappa shape index (κ3) is 4.29. The van der Waals surface area contributed by atoms with Crippen LogP contribution in [0.1, 0.15) is 36.5 Å². The molecule has 1 aromatic carbocycles. The number of aryl methyl sites for hydroxylation is 1. The summed E-state index contributed by atoms with van der Waals surface area (Å²) in [5.41, 5.74) is 0.830. The number of rotatable bonds is 7. The fourth-order valence-electron chi connectivity index (χ4n) is 2.15. The highest BCUT2D eigenvalue weighted by atomic mass is 19.3. The van der Waals surface area contributed by atoms with Crippen LogP contribution >= 0.6 is 0 Å². The Balaban J connectivity index is 2.27. The van der Waals surface area contributed by atoms with E-state index in [9.17, 15) is 8.78 Å². The average molecular weight is 295 g/mol. The molecule has 1 heterocycles. The molecule has 1 N–H and O–H groups in total. The molecule has 0 amide bonds.